The maximum atomic E-state index is 14.6. The third kappa shape index (κ3) is 3.77. The van der Waals surface area contributed by atoms with Gasteiger partial charge in [-0.2, -0.15) is 0 Å². The number of carboxylic acids is 1. The molecule has 0 spiro atoms. The van der Waals surface area contributed by atoms with E-state index in [9.17, 15) is 19.1 Å². The van der Waals surface area contributed by atoms with Crippen LogP contribution in [0.1, 0.15) is 53.0 Å². The lowest BCUT2D eigenvalue weighted by molar-refractivity contribution is 0.0694. The van der Waals surface area contributed by atoms with Gasteiger partial charge in [-0.15, -0.1) is 0 Å². The van der Waals surface area contributed by atoms with E-state index in [0.29, 0.717) is 31.0 Å². The number of nitrogens with zero attached hydrogens (tertiary/aromatic N) is 1. The summed E-state index contributed by atoms with van der Waals surface area (Å²) in [5.41, 5.74) is 0.276. The number of amides is 1. The highest BCUT2D eigenvalue weighted by molar-refractivity contribution is 5.94. The summed E-state index contributed by atoms with van der Waals surface area (Å²) in [4.78, 5) is 25.5. The summed E-state index contributed by atoms with van der Waals surface area (Å²) in [5.74, 6) is -1.15. The zero-order valence-electron chi connectivity index (χ0n) is 16.3. The number of carbonyl (C=O) groups is 2. The number of rotatable bonds is 4. The van der Waals surface area contributed by atoms with Crippen molar-refractivity contribution in [2.45, 2.75) is 38.7 Å². The minimum atomic E-state index is -1.11. The quantitative estimate of drug-likeness (QED) is 0.831. The molecule has 2 aliphatic heterocycles. The average molecular weight is 399 g/mol. The normalized spacial score (nSPS) is 17.0. The zero-order chi connectivity index (χ0) is 20.8. The van der Waals surface area contributed by atoms with Crippen molar-refractivity contribution in [1.82, 2.24) is 4.90 Å². The largest absolute Gasteiger partial charge is 0.487 e. The number of aromatic carboxylic acids is 1. The van der Waals surface area contributed by atoms with Crippen LogP contribution in [0.4, 0.5) is 4.39 Å². The van der Waals surface area contributed by atoms with Gasteiger partial charge in [-0.05, 0) is 51.0 Å². The summed E-state index contributed by atoms with van der Waals surface area (Å²) in [7, 11) is 0. The minimum absolute atomic E-state index is 0.00762. The van der Waals surface area contributed by atoms with Crippen molar-refractivity contribution in [2.75, 3.05) is 13.1 Å². The number of ether oxygens (including phenoxy) is 2. The van der Waals surface area contributed by atoms with Gasteiger partial charge < -0.3 is 19.5 Å². The Hall–Kier alpha value is -3.09. The predicted octanol–water partition coefficient (Wildman–Crippen LogP) is 4.27. The maximum Gasteiger partial charge on any atom is 0.335 e. The number of carbonyl (C=O) groups excluding carboxylic acids is 1. The molecule has 0 aromatic heterocycles. The molecule has 0 radical (unpaired) electrons. The van der Waals surface area contributed by atoms with E-state index in [1.165, 1.54) is 24.3 Å². The Morgan fingerprint density at radius 3 is 2.55 bits per heavy atom. The van der Waals surface area contributed by atoms with Gasteiger partial charge in [-0.3, -0.25) is 4.79 Å². The van der Waals surface area contributed by atoms with Crippen LogP contribution in [0.3, 0.4) is 0 Å². The molecule has 0 bridgehead atoms. The molecule has 2 aromatic rings. The van der Waals surface area contributed by atoms with Crippen LogP contribution in [0.2, 0.25) is 0 Å². The first kappa shape index (κ1) is 19.2. The Kier molecular flexibility index (Phi) is 4.68. The molecule has 1 amide bonds. The molecular weight excluding hydrogens is 377 g/mol. The molecule has 0 unspecified atom stereocenters. The Morgan fingerprint density at radius 2 is 1.90 bits per heavy atom. The Bertz CT molecular complexity index is 995. The van der Waals surface area contributed by atoms with Gasteiger partial charge in [0.15, 0.2) is 0 Å². The summed E-state index contributed by atoms with van der Waals surface area (Å²) in [6.45, 7) is 5.08. The van der Waals surface area contributed by atoms with E-state index >= 15 is 0 Å². The lowest BCUT2D eigenvalue weighted by atomic mass is 10.00. The van der Waals surface area contributed by atoms with Crippen molar-refractivity contribution in [3.63, 3.8) is 0 Å². The van der Waals surface area contributed by atoms with Crippen LogP contribution in [0, 0.1) is 5.82 Å². The Labute approximate surface area is 167 Å². The fourth-order valence-corrected chi connectivity index (χ4v) is 3.81. The molecule has 1 fully saturated rings. The third-order valence-electron chi connectivity index (χ3n) is 5.20. The van der Waals surface area contributed by atoms with Crippen molar-refractivity contribution in [3.05, 3.63) is 52.8 Å². The molecule has 0 saturated carbocycles. The minimum Gasteiger partial charge on any atom is -0.487 e. The highest BCUT2D eigenvalue weighted by atomic mass is 19.1. The highest BCUT2D eigenvalue weighted by Gasteiger charge is 2.34. The first-order valence-corrected chi connectivity index (χ1v) is 9.59. The Morgan fingerprint density at radius 1 is 1.17 bits per heavy atom. The van der Waals surface area contributed by atoms with E-state index in [0.717, 1.165) is 24.5 Å². The molecule has 7 heteroatoms. The summed E-state index contributed by atoms with van der Waals surface area (Å²) in [6.07, 6.45) is 2.39. The molecule has 4 rings (SSSR count). The summed E-state index contributed by atoms with van der Waals surface area (Å²) >= 11 is 0. The highest BCUT2D eigenvalue weighted by Crippen LogP contribution is 2.43. The van der Waals surface area contributed by atoms with E-state index in [1.807, 2.05) is 13.8 Å². The fraction of sp³-hybridized carbons (Fsp3) is 0.364. The SMILES string of the molecule is CC1(C)Cc2c(Oc3ccc(C(=O)N4CCCC4)c(F)c3)cc(C(=O)O)cc2O1. The van der Waals surface area contributed by atoms with Crippen molar-refractivity contribution in [1.29, 1.82) is 0 Å². The van der Waals surface area contributed by atoms with Gasteiger partial charge in [0.1, 0.15) is 28.7 Å². The molecule has 0 aliphatic carbocycles. The molecule has 2 aliphatic rings. The summed E-state index contributed by atoms with van der Waals surface area (Å²) in [5, 5.41) is 9.37. The standard InChI is InChI=1S/C22H22FNO5/c1-22(2)12-16-18(9-13(21(26)27)10-19(16)29-22)28-14-5-6-15(17(23)11-14)20(25)24-7-3-4-8-24/h5-6,9-11H,3-4,7-8,12H2,1-2H3,(H,26,27). The number of benzene rings is 2. The zero-order valence-corrected chi connectivity index (χ0v) is 16.3. The molecule has 29 heavy (non-hydrogen) atoms. The van der Waals surface area contributed by atoms with Crippen molar-refractivity contribution < 1.29 is 28.6 Å². The molecule has 1 N–H and O–H groups in total. The second-order valence-corrected chi connectivity index (χ2v) is 8.04. The fourth-order valence-electron chi connectivity index (χ4n) is 3.81. The van der Waals surface area contributed by atoms with Gasteiger partial charge in [0.05, 0.1) is 11.1 Å². The number of carboxylic acid groups (broad SMARTS) is 1. The second-order valence-electron chi connectivity index (χ2n) is 8.04. The number of hydrogen-bond donors (Lipinski definition) is 1. The number of fused-ring (bicyclic) bond motifs is 1. The van der Waals surface area contributed by atoms with Crippen molar-refractivity contribution >= 4 is 11.9 Å². The molecule has 2 heterocycles. The van der Waals surface area contributed by atoms with Gasteiger partial charge in [0.25, 0.3) is 5.91 Å². The molecule has 152 valence electrons. The van der Waals surface area contributed by atoms with Crippen LogP contribution >= 0.6 is 0 Å². The molecule has 2 aromatic carbocycles. The molecule has 1 saturated heterocycles. The van der Waals surface area contributed by atoms with Crippen LogP contribution in [0.5, 0.6) is 17.2 Å². The monoisotopic (exact) mass is 399 g/mol. The van der Waals surface area contributed by atoms with Crippen LogP contribution in [-0.2, 0) is 6.42 Å². The topological polar surface area (TPSA) is 76.1 Å². The van der Waals surface area contributed by atoms with E-state index in [2.05, 4.69) is 0 Å². The van der Waals surface area contributed by atoms with Crippen molar-refractivity contribution in [3.8, 4) is 17.2 Å². The van der Waals surface area contributed by atoms with Gasteiger partial charge in [-0.25, -0.2) is 9.18 Å². The van der Waals surface area contributed by atoms with E-state index in [4.69, 9.17) is 9.47 Å². The molecular formula is C22H22FNO5. The Balaban J connectivity index is 1.64. The average Bonchev–Trinajstić information content (AvgIpc) is 3.27. The summed E-state index contributed by atoms with van der Waals surface area (Å²) < 4.78 is 26.3. The van der Waals surface area contributed by atoms with E-state index in [1.54, 1.807) is 4.90 Å². The summed E-state index contributed by atoms with van der Waals surface area (Å²) in [6, 6.07) is 6.97. The third-order valence-corrected chi connectivity index (χ3v) is 5.20. The first-order chi connectivity index (χ1) is 13.7. The predicted molar refractivity (Wildman–Crippen MR) is 103 cm³/mol. The smallest absolute Gasteiger partial charge is 0.335 e. The van der Waals surface area contributed by atoms with Crippen LogP contribution in [0.25, 0.3) is 0 Å². The maximum absolute atomic E-state index is 14.6. The van der Waals surface area contributed by atoms with Crippen LogP contribution in [-0.4, -0.2) is 40.6 Å². The van der Waals surface area contributed by atoms with Crippen LogP contribution in [0.15, 0.2) is 30.3 Å². The van der Waals surface area contributed by atoms with Gasteiger partial charge in [-0.1, -0.05) is 0 Å². The number of hydrogen-bond acceptors (Lipinski definition) is 4. The van der Waals surface area contributed by atoms with Crippen molar-refractivity contribution in [2.24, 2.45) is 0 Å². The molecule has 0 atom stereocenters. The number of halogens is 1. The lowest BCUT2D eigenvalue weighted by Gasteiger charge is -2.16. The molecule has 6 nitrogen and oxygen atoms in total. The van der Waals surface area contributed by atoms with E-state index in [-0.39, 0.29) is 22.8 Å². The van der Waals surface area contributed by atoms with Gasteiger partial charge in [0.2, 0.25) is 0 Å². The van der Waals surface area contributed by atoms with Gasteiger partial charge in [0, 0.05) is 31.1 Å². The van der Waals surface area contributed by atoms with Crippen LogP contribution < -0.4 is 9.47 Å². The number of likely N-dealkylation sites (tertiary alicyclic amines) is 1. The second kappa shape index (κ2) is 7.06. The first-order valence-electron chi connectivity index (χ1n) is 9.59. The van der Waals surface area contributed by atoms with E-state index < -0.39 is 17.4 Å². The van der Waals surface area contributed by atoms with Gasteiger partial charge >= 0.3 is 5.97 Å². The lowest BCUT2D eigenvalue weighted by Crippen LogP contribution is -2.28.